The van der Waals surface area contributed by atoms with E-state index in [2.05, 4.69) is 25.6 Å². The van der Waals surface area contributed by atoms with Crippen molar-refractivity contribution in [1.29, 1.82) is 0 Å². The lowest BCUT2D eigenvalue weighted by atomic mass is 9.90. The average molecular weight is 419 g/mol. The van der Waals surface area contributed by atoms with E-state index in [0.29, 0.717) is 17.9 Å². The molecule has 0 atom stereocenters. The summed E-state index contributed by atoms with van der Waals surface area (Å²) < 4.78 is 13.1. The van der Waals surface area contributed by atoms with Crippen molar-refractivity contribution in [3.8, 4) is 11.3 Å². The molecular formula is C23H26N6O2. The normalized spacial score (nSPS) is 23.0. The molecule has 8 nitrogen and oxygen atoms in total. The van der Waals surface area contributed by atoms with Crippen LogP contribution >= 0.6 is 0 Å². The summed E-state index contributed by atoms with van der Waals surface area (Å²) in [6, 6.07) is 9.02. The number of benzene rings is 1. The van der Waals surface area contributed by atoms with Crippen LogP contribution in [0.2, 0.25) is 0 Å². The number of fused-ring (bicyclic) bond motifs is 2. The number of rotatable bonds is 3. The largest absolute Gasteiger partial charge is 0.464 e. The van der Waals surface area contributed by atoms with Gasteiger partial charge in [0, 0.05) is 30.1 Å². The third kappa shape index (κ3) is 3.26. The van der Waals surface area contributed by atoms with Crippen LogP contribution in [0.3, 0.4) is 0 Å². The zero-order valence-corrected chi connectivity index (χ0v) is 17.4. The molecule has 1 saturated heterocycles. The molecular weight excluding hydrogens is 392 g/mol. The second-order valence-corrected chi connectivity index (χ2v) is 8.53. The Kier molecular flexibility index (Phi) is 4.61. The molecule has 4 heterocycles. The molecule has 6 rings (SSSR count). The van der Waals surface area contributed by atoms with E-state index in [0.717, 1.165) is 72.4 Å². The Morgan fingerprint density at radius 3 is 2.61 bits per heavy atom. The number of hydrogen-bond acceptors (Lipinski definition) is 7. The Hall–Kier alpha value is -2.97. The summed E-state index contributed by atoms with van der Waals surface area (Å²) in [5, 5.41) is 6.92. The van der Waals surface area contributed by atoms with E-state index in [1.807, 2.05) is 18.2 Å². The van der Waals surface area contributed by atoms with E-state index >= 15 is 0 Å². The van der Waals surface area contributed by atoms with Crippen LogP contribution in [0.5, 0.6) is 0 Å². The SMILES string of the molecule is Nc1ncnc2c1c(-c1ccc3occc3c1)nn2C1CCC(N2CCOCC2)CC1. The van der Waals surface area contributed by atoms with Crippen LogP contribution in [0.4, 0.5) is 5.82 Å². The molecule has 8 heteroatoms. The third-order valence-corrected chi connectivity index (χ3v) is 6.82. The van der Waals surface area contributed by atoms with Crippen molar-refractivity contribution < 1.29 is 9.15 Å². The number of ether oxygens (including phenoxy) is 1. The maximum absolute atomic E-state index is 6.31. The van der Waals surface area contributed by atoms with Crippen LogP contribution in [-0.2, 0) is 4.74 Å². The highest BCUT2D eigenvalue weighted by atomic mass is 16.5. The lowest BCUT2D eigenvalue weighted by Gasteiger charge is -2.38. The van der Waals surface area contributed by atoms with Crippen molar-refractivity contribution in [2.75, 3.05) is 32.0 Å². The molecule has 0 radical (unpaired) electrons. The van der Waals surface area contributed by atoms with Gasteiger partial charge in [-0.3, -0.25) is 4.90 Å². The predicted molar refractivity (Wildman–Crippen MR) is 119 cm³/mol. The number of morpholine rings is 1. The molecule has 0 amide bonds. The fraction of sp³-hybridized carbons (Fsp3) is 0.435. The standard InChI is InChI=1S/C23H26N6O2/c24-22-20-21(16-1-6-19-15(13-16)7-10-31-19)27-29(23(20)26-14-25-22)18-4-2-17(3-5-18)28-8-11-30-12-9-28/h1,6-7,10,13-14,17-18H,2-5,8-9,11-12H2,(H2,24,25,26). The summed E-state index contributed by atoms with van der Waals surface area (Å²) >= 11 is 0. The van der Waals surface area contributed by atoms with Crippen molar-refractivity contribution in [2.24, 2.45) is 0 Å². The van der Waals surface area contributed by atoms with Gasteiger partial charge in [-0.2, -0.15) is 5.10 Å². The van der Waals surface area contributed by atoms with Gasteiger partial charge in [-0.25, -0.2) is 14.6 Å². The molecule has 4 aromatic rings. The highest BCUT2D eigenvalue weighted by Crippen LogP contribution is 2.37. The molecule has 2 aliphatic rings. The Morgan fingerprint density at radius 2 is 1.77 bits per heavy atom. The van der Waals surface area contributed by atoms with Crippen LogP contribution in [0, 0.1) is 0 Å². The zero-order chi connectivity index (χ0) is 20.8. The minimum absolute atomic E-state index is 0.320. The van der Waals surface area contributed by atoms with E-state index < -0.39 is 0 Å². The Labute approximate surface area is 180 Å². The maximum atomic E-state index is 6.31. The lowest BCUT2D eigenvalue weighted by molar-refractivity contribution is 0.00520. The van der Waals surface area contributed by atoms with Crippen LogP contribution in [0.15, 0.2) is 41.3 Å². The van der Waals surface area contributed by atoms with Crippen molar-refractivity contribution in [1.82, 2.24) is 24.6 Å². The van der Waals surface area contributed by atoms with E-state index in [4.69, 9.17) is 20.0 Å². The molecule has 2 fully saturated rings. The number of anilines is 1. The summed E-state index contributed by atoms with van der Waals surface area (Å²) in [4.78, 5) is 11.4. The molecule has 1 aliphatic carbocycles. The van der Waals surface area contributed by atoms with Gasteiger partial charge in [-0.15, -0.1) is 0 Å². The van der Waals surface area contributed by atoms with Crippen molar-refractivity contribution in [3.05, 3.63) is 36.9 Å². The Balaban J connectivity index is 1.34. The highest BCUT2D eigenvalue weighted by Gasteiger charge is 2.30. The average Bonchev–Trinajstić information content (AvgIpc) is 3.45. The second-order valence-electron chi connectivity index (χ2n) is 8.53. The monoisotopic (exact) mass is 418 g/mol. The van der Waals surface area contributed by atoms with Gasteiger partial charge < -0.3 is 14.9 Å². The van der Waals surface area contributed by atoms with Crippen LogP contribution < -0.4 is 5.73 Å². The first-order chi connectivity index (χ1) is 15.3. The number of hydrogen-bond donors (Lipinski definition) is 1. The van der Waals surface area contributed by atoms with Gasteiger partial charge in [0.2, 0.25) is 0 Å². The molecule has 0 spiro atoms. The van der Waals surface area contributed by atoms with Crippen molar-refractivity contribution in [3.63, 3.8) is 0 Å². The van der Waals surface area contributed by atoms with Crippen molar-refractivity contribution >= 4 is 27.8 Å². The smallest absolute Gasteiger partial charge is 0.164 e. The number of furan rings is 1. The van der Waals surface area contributed by atoms with Crippen LogP contribution in [0.25, 0.3) is 33.3 Å². The van der Waals surface area contributed by atoms with Gasteiger partial charge >= 0.3 is 0 Å². The highest BCUT2D eigenvalue weighted by molar-refractivity contribution is 5.99. The fourth-order valence-electron chi connectivity index (χ4n) is 5.18. The summed E-state index contributed by atoms with van der Waals surface area (Å²) in [6.07, 6.45) is 7.76. The van der Waals surface area contributed by atoms with Gasteiger partial charge in [0.25, 0.3) is 0 Å². The molecule has 1 saturated carbocycles. The van der Waals surface area contributed by atoms with Crippen molar-refractivity contribution in [2.45, 2.75) is 37.8 Å². The van der Waals surface area contributed by atoms with Crippen LogP contribution in [0.1, 0.15) is 31.7 Å². The zero-order valence-electron chi connectivity index (χ0n) is 17.4. The Morgan fingerprint density at radius 1 is 0.968 bits per heavy atom. The molecule has 0 bridgehead atoms. The predicted octanol–water partition coefficient (Wildman–Crippen LogP) is 3.64. The quantitative estimate of drug-likeness (QED) is 0.543. The lowest BCUT2D eigenvalue weighted by Crippen LogP contribution is -2.45. The molecule has 31 heavy (non-hydrogen) atoms. The first kappa shape index (κ1) is 18.8. The van der Waals surface area contributed by atoms with E-state index in [1.54, 1.807) is 6.26 Å². The molecule has 1 aromatic carbocycles. The summed E-state index contributed by atoms with van der Waals surface area (Å²) in [5.74, 6) is 0.473. The van der Waals surface area contributed by atoms with Gasteiger partial charge in [0.15, 0.2) is 5.65 Å². The first-order valence-electron chi connectivity index (χ1n) is 11.1. The Bertz CT molecular complexity index is 1220. The summed E-state index contributed by atoms with van der Waals surface area (Å²) in [6.45, 7) is 3.80. The number of nitrogens with zero attached hydrogens (tertiary/aromatic N) is 5. The number of nitrogen functional groups attached to an aromatic ring is 1. The van der Waals surface area contributed by atoms with Gasteiger partial charge in [0.1, 0.15) is 23.4 Å². The molecule has 0 unspecified atom stereocenters. The van der Waals surface area contributed by atoms with Gasteiger partial charge in [0.05, 0.1) is 30.9 Å². The van der Waals surface area contributed by atoms with Crippen LogP contribution in [-0.4, -0.2) is 57.0 Å². The topological polar surface area (TPSA) is 95.2 Å². The molecule has 1 aliphatic heterocycles. The molecule has 3 aromatic heterocycles. The summed E-state index contributed by atoms with van der Waals surface area (Å²) in [5.41, 5.74) is 9.83. The molecule has 160 valence electrons. The first-order valence-corrected chi connectivity index (χ1v) is 11.1. The maximum Gasteiger partial charge on any atom is 0.164 e. The van der Waals surface area contributed by atoms with Gasteiger partial charge in [-0.1, -0.05) is 0 Å². The van der Waals surface area contributed by atoms with E-state index in [9.17, 15) is 0 Å². The second kappa shape index (κ2) is 7.62. The number of aromatic nitrogens is 4. The minimum atomic E-state index is 0.320. The van der Waals surface area contributed by atoms with E-state index in [1.165, 1.54) is 19.2 Å². The third-order valence-electron chi connectivity index (χ3n) is 6.82. The molecule has 2 N–H and O–H groups in total. The van der Waals surface area contributed by atoms with Gasteiger partial charge in [-0.05, 0) is 49.9 Å². The summed E-state index contributed by atoms with van der Waals surface area (Å²) in [7, 11) is 0. The minimum Gasteiger partial charge on any atom is -0.464 e. The fourth-order valence-corrected chi connectivity index (χ4v) is 5.18. The van der Waals surface area contributed by atoms with E-state index in [-0.39, 0.29) is 0 Å². The number of nitrogens with two attached hydrogens (primary N) is 1.